The quantitative estimate of drug-likeness (QED) is 0.264. The van der Waals surface area contributed by atoms with Crippen molar-refractivity contribution in [1.82, 2.24) is 0 Å². The smallest absolute Gasteiger partial charge is 0.143 e. The molecule has 0 N–H and O–H groups in total. The summed E-state index contributed by atoms with van der Waals surface area (Å²) in [5, 5.41) is 2.41. The van der Waals surface area contributed by atoms with Gasteiger partial charge in [-0.2, -0.15) is 0 Å². The third kappa shape index (κ3) is 2.23. The van der Waals surface area contributed by atoms with Gasteiger partial charge in [0.25, 0.3) is 0 Å². The van der Waals surface area contributed by atoms with Crippen LogP contribution in [0.2, 0.25) is 0 Å². The summed E-state index contributed by atoms with van der Waals surface area (Å²) in [6, 6.07) is 35.0. The van der Waals surface area contributed by atoms with Crippen molar-refractivity contribution in [3.8, 4) is 44.9 Å². The normalized spacial score (nSPS) is 14.4. The molecule has 0 amide bonds. The number of para-hydroxylation sites is 1. The molecule has 2 aliphatic rings. The third-order valence-electron chi connectivity index (χ3n) is 7.28. The number of rotatable bonds is 1. The second-order valence-electron chi connectivity index (χ2n) is 9.38. The highest BCUT2D eigenvalue weighted by Gasteiger charge is 2.35. The first-order valence-corrected chi connectivity index (χ1v) is 11.2. The average molecular weight is 411 g/mol. The molecule has 0 unspecified atom stereocenters. The van der Waals surface area contributed by atoms with Crippen LogP contribution < -0.4 is 4.74 Å². The summed E-state index contributed by atoms with van der Waals surface area (Å²) in [7, 11) is 0. The van der Waals surface area contributed by atoms with Crippen LogP contribution in [0.4, 0.5) is 0 Å². The van der Waals surface area contributed by atoms with Gasteiger partial charge in [-0.3, -0.25) is 0 Å². The first-order valence-electron chi connectivity index (χ1n) is 11.2. The Kier molecular flexibility index (Phi) is 3.40. The SMILES string of the molecule is CC1(C)c2ccccc2-c2cc(-c3ccc4cccc5c4c3Oc3ccccc3-5)ccc21. The summed E-state index contributed by atoms with van der Waals surface area (Å²) < 4.78 is 6.56. The number of hydrogen-bond donors (Lipinski definition) is 0. The molecular weight excluding hydrogens is 388 g/mol. The number of ether oxygens (including phenoxy) is 1. The maximum Gasteiger partial charge on any atom is 0.143 e. The van der Waals surface area contributed by atoms with Gasteiger partial charge >= 0.3 is 0 Å². The molecule has 0 saturated heterocycles. The third-order valence-corrected chi connectivity index (χ3v) is 7.28. The summed E-state index contributed by atoms with van der Waals surface area (Å²) in [6.07, 6.45) is 0. The van der Waals surface area contributed by atoms with E-state index in [0.717, 1.165) is 22.6 Å². The highest BCUT2D eigenvalue weighted by molar-refractivity contribution is 6.07. The van der Waals surface area contributed by atoms with Crippen molar-refractivity contribution in [2.24, 2.45) is 0 Å². The van der Waals surface area contributed by atoms with Crippen molar-refractivity contribution >= 4 is 10.8 Å². The first kappa shape index (κ1) is 17.8. The molecule has 0 saturated carbocycles. The summed E-state index contributed by atoms with van der Waals surface area (Å²) in [6.45, 7) is 4.65. The van der Waals surface area contributed by atoms with Crippen LogP contribution in [0.1, 0.15) is 25.0 Å². The molecule has 1 heterocycles. The molecule has 152 valence electrons. The highest BCUT2D eigenvalue weighted by atomic mass is 16.5. The lowest BCUT2D eigenvalue weighted by atomic mass is 9.82. The molecule has 5 aromatic rings. The summed E-state index contributed by atoms with van der Waals surface area (Å²) >= 11 is 0. The van der Waals surface area contributed by atoms with E-state index in [4.69, 9.17) is 4.74 Å². The molecule has 0 bridgehead atoms. The second kappa shape index (κ2) is 6.11. The number of fused-ring (bicyclic) bond motifs is 5. The minimum atomic E-state index is 0.0186. The van der Waals surface area contributed by atoms with Crippen molar-refractivity contribution in [1.29, 1.82) is 0 Å². The van der Waals surface area contributed by atoms with Gasteiger partial charge in [-0.05, 0) is 57.0 Å². The van der Waals surface area contributed by atoms with E-state index in [-0.39, 0.29) is 5.41 Å². The molecule has 5 aromatic carbocycles. The Morgan fingerprint density at radius 1 is 0.562 bits per heavy atom. The summed E-state index contributed by atoms with van der Waals surface area (Å²) in [5.41, 5.74) is 10.2. The Morgan fingerprint density at radius 2 is 1.31 bits per heavy atom. The molecule has 0 fully saturated rings. The standard InChI is InChI=1S/C31H22O/c1-31(2)26-12-5-3-9-22(26)25-18-20(15-17-27(25)31)21-16-14-19-8-7-11-24-23-10-4-6-13-28(23)32-30(21)29(19)24/h3-18H,1-2H3. The predicted octanol–water partition coefficient (Wildman–Crippen LogP) is 8.59. The lowest BCUT2D eigenvalue weighted by molar-refractivity contribution is 0.489. The van der Waals surface area contributed by atoms with E-state index < -0.39 is 0 Å². The Hall–Kier alpha value is -3.84. The van der Waals surface area contributed by atoms with Crippen LogP contribution in [0.3, 0.4) is 0 Å². The molecule has 32 heavy (non-hydrogen) atoms. The van der Waals surface area contributed by atoms with Crippen LogP contribution in [0.15, 0.2) is 97.1 Å². The second-order valence-corrected chi connectivity index (χ2v) is 9.38. The van der Waals surface area contributed by atoms with E-state index in [0.29, 0.717) is 0 Å². The van der Waals surface area contributed by atoms with Crippen LogP contribution in [-0.2, 0) is 5.41 Å². The molecule has 1 heteroatoms. The Labute approximate surface area is 187 Å². The van der Waals surface area contributed by atoms with E-state index in [9.17, 15) is 0 Å². The van der Waals surface area contributed by atoms with Crippen LogP contribution in [0, 0.1) is 0 Å². The minimum absolute atomic E-state index is 0.0186. The fraction of sp³-hybridized carbons (Fsp3) is 0.0968. The zero-order valence-corrected chi connectivity index (χ0v) is 18.1. The van der Waals surface area contributed by atoms with Crippen molar-refractivity contribution in [3.05, 3.63) is 108 Å². The lowest BCUT2D eigenvalue weighted by Gasteiger charge is -2.24. The Balaban J connectivity index is 1.50. The van der Waals surface area contributed by atoms with Gasteiger partial charge in [0.15, 0.2) is 0 Å². The topological polar surface area (TPSA) is 9.23 Å². The van der Waals surface area contributed by atoms with Gasteiger partial charge < -0.3 is 4.74 Å². The van der Waals surface area contributed by atoms with E-state index in [1.807, 2.05) is 6.07 Å². The van der Waals surface area contributed by atoms with Gasteiger partial charge in [-0.25, -0.2) is 0 Å². The van der Waals surface area contributed by atoms with E-state index >= 15 is 0 Å². The summed E-state index contributed by atoms with van der Waals surface area (Å²) in [5.74, 6) is 1.88. The van der Waals surface area contributed by atoms with Gasteiger partial charge in [0.05, 0.1) is 0 Å². The molecular formula is C31H22O. The fourth-order valence-corrected chi connectivity index (χ4v) is 5.68. The molecule has 1 nitrogen and oxygen atoms in total. The van der Waals surface area contributed by atoms with Crippen LogP contribution in [0.25, 0.3) is 44.2 Å². The highest BCUT2D eigenvalue weighted by Crippen LogP contribution is 2.53. The Morgan fingerprint density at radius 3 is 2.22 bits per heavy atom. The van der Waals surface area contributed by atoms with Crippen LogP contribution in [-0.4, -0.2) is 0 Å². The van der Waals surface area contributed by atoms with Crippen molar-refractivity contribution in [3.63, 3.8) is 0 Å². The monoisotopic (exact) mass is 410 g/mol. The number of hydrogen-bond acceptors (Lipinski definition) is 1. The largest absolute Gasteiger partial charge is 0.455 e. The molecule has 1 aliphatic heterocycles. The zero-order chi connectivity index (χ0) is 21.4. The van der Waals surface area contributed by atoms with E-state index in [2.05, 4.69) is 105 Å². The predicted molar refractivity (Wildman–Crippen MR) is 132 cm³/mol. The van der Waals surface area contributed by atoms with Gasteiger partial charge in [-0.15, -0.1) is 0 Å². The molecule has 0 aromatic heterocycles. The van der Waals surface area contributed by atoms with Gasteiger partial charge in [0, 0.05) is 21.9 Å². The molecule has 0 atom stereocenters. The van der Waals surface area contributed by atoms with E-state index in [1.165, 1.54) is 44.2 Å². The van der Waals surface area contributed by atoms with Crippen molar-refractivity contribution in [2.75, 3.05) is 0 Å². The number of benzene rings is 5. The molecule has 0 radical (unpaired) electrons. The molecule has 1 aliphatic carbocycles. The van der Waals surface area contributed by atoms with Gasteiger partial charge in [0.2, 0.25) is 0 Å². The van der Waals surface area contributed by atoms with Gasteiger partial charge in [-0.1, -0.05) is 92.7 Å². The lowest BCUT2D eigenvalue weighted by Crippen LogP contribution is -2.14. The first-order chi connectivity index (χ1) is 15.6. The minimum Gasteiger partial charge on any atom is -0.455 e. The maximum atomic E-state index is 6.56. The van der Waals surface area contributed by atoms with E-state index in [1.54, 1.807) is 0 Å². The summed E-state index contributed by atoms with van der Waals surface area (Å²) in [4.78, 5) is 0. The average Bonchev–Trinajstić information content (AvgIpc) is 3.06. The molecule has 0 spiro atoms. The van der Waals surface area contributed by atoms with Crippen LogP contribution in [0.5, 0.6) is 11.5 Å². The zero-order valence-electron chi connectivity index (χ0n) is 18.1. The Bertz CT molecular complexity index is 1570. The van der Waals surface area contributed by atoms with Crippen molar-refractivity contribution < 1.29 is 4.74 Å². The molecule has 7 rings (SSSR count). The fourth-order valence-electron chi connectivity index (χ4n) is 5.68. The van der Waals surface area contributed by atoms with Crippen molar-refractivity contribution in [2.45, 2.75) is 19.3 Å². The van der Waals surface area contributed by atoms with Gasteiger partial charge in [0.1, 0.15) is 11.5 Å². The van der Waals surface area contributed by atoms with Crippen LogP contribution >= 0.6 is 0 Å². The maximum absolute atomic E-state index is 6.56.